The molecule has 0 aliphatic rings. The van der Waals surface area contributed by atoms with Crippen molar-refractivity contribution in [3.63, 3.8) is 0 Å². The number of hydrogen-bond donors (Lipinski definition) is 0. The monoisotopic (exact) mass is 176 g/mol. The van der Waals surface area contributed by atoms with Gasteiger partial charge >= 0.3 is 0 Å². The number of rotatable bonds is 0. The van der Waals surface area contributed by atoms with E-state index in [9.17, 15) is 8.78 Å². The van der Waals surface area contributed by atoms with E-state index in [1.807, 2.05) is 0 Å². The van der Waals surface area contributed by atoms with Crippen molar-refractivity contribution in [2.24, 2.45) is 0 Å². The maximum atomic E-state index is 12.9. The number of aryl methyl sites for hydroxylation is 1. The Morgan fingerprint density at radius 2 is 1.82 bits per heavy atom. The van der Waals surface area contributed by atoms with E-state index in [1.54, 1.807) is 6.92 Å². The van der Waals surface area contributed by atoms with Crippen molar-refractivity contribution in [3.8, 4) is 0 Å². The summed E-state index contributed by atoms with van der Waals surface area (Å²) in [5.41, 5.74) is 0.396. The van der Waals surface area contributed by atoms with Crippen LogP contribution in [0.2, 0.25) is 5.02 Å². The molecule has 0 N–H and O–H groups in total. The Labute approximate surface area is 68.8 Å². The van der Waals surface area contributed by atoms with Gasteiger partial charge in [0.15, 0.2) is 0 Å². The van der Waals surface area contributed by atoms with Gasteiger partial charge in [-0.05, 0) is 25.5 Å². The Morgan fingerprint density at radius 1 is 1.27 bits per heavy atom. The molecule has 3 heteroatoms. The first-order chi connectivity index (χ1) is 5.04. The van der Waals surface area contributed by atoms with E-state index >= 15 is 0 Å². The smallest absolute Gasteiger partial charge is 0.147 e. The van der Waals surface area contributed by atoms with Crippen LogP contribution in [0.25, 0.3) is 0 Å². The summed E-state index contributed by atoms with van der Waals surface area (Å²) in [5.74, 6) is -1.21. The van der Waals surface area contributed by atoms with Gasteiger partial charge in [-0.1, -0.05) is 11.6 Å². The lowest BCUT2D eigenvalue weighted by atomic mass is 10.1. The minimum Gasteiger partial charge on any atom is -0.207 e. The zero-order valence-electron chi connectivity index (χ0n) is 6.21. The van der Waals surface area contributed by atoms with E-state index in [4.69, 9.17) is 11.6 Å². The van der Waals surface area contributed by atoms with Gasteiger partial charge in [-0.15, -0.1) is 0 Å². The van der Waals surface area contributed by atoms with Gasteiger partial charge in [0.2, 0.25) is 0 Å². The largest absolute Gasteiger partial charge is 0.207 e. The molecule has 60 valence electrons. The highest BCUT2D eigenvalue weighted by Crippen LogP contribution is 2.24. The Bertz CT molecular complexity index is 268. The van der Waals surface area contributed by atoms with Crippen LogP contribution in [-0.4, -0.2) is 0 Å². The summed E-state index contributed by atoms with van der Waals surface area (Å²) in [4.78, 5) is 0. The average Bonchev–Trinajstić information content (AvgIpc) is 1.97. The highest BCUT2D eigenvalue weighted by Gasteiger charge is 2.10. The van der Waals surface area contributed by atoms with Gasteiger partial charge in [0.1, 0.15) is 11.6 Å². The molecule has 0 atom stereocenters. The second kappa shape index (κ2) is 2.78. The molecule has 11 heavy (non-hydrogen) atoms. The second-order valence-corrected chi connectivity index (χ2v) is 2.81. The summed E-state index contributed by atoms with van der Waals surface area (Å²) in [6.45, 7) is 2.92. The standard InChI is InChI=1S/C8H7ClF2/c1-4-3-6(10)5(2)8(11)7(4)9/h3H,1-2H3. The fourth-order valence-electron chi connectivity index (χ4n) is 0.804. The Kier molecular flexibility index (Phi) is 2.14. The third kappa shape index (κ3) is 1.36. The van der Waals surface area contributed by atoms with Crippen LogP contribution in [0.4, 0.5) is 8.78 Å². The summed E-state index contributed by atoms with van der Waals surface area (Å²) in [6.07, 6.45) is 0. The third-order valence-electron chi connectivity index (χ3n) is 1.57. The Hall–Kier alpha value is -0.630. The molecule has 0 radical (unpaired) electrons. The maximum Gasteiger partial charge on any atom is 0.147 e. The van der Waals surface area contributed by atoms with E-state index in [0.717, 1.165) is 0 Å². The second-order valence-electron chi connectivity index (χ2n) is 2.43. The molecule has 0 spiro atoms. The van der Waals surface area contributed by atoms with Crippen LogP contribution in [0.1, 0.15) is 11.1 Å². The topological polar surface area (TPSA) is 0 Å². The molecule has 0 aliphatic carbocycles. The minimum absolute atomic E-state index is 0.00361. The maximum absolute atomic E-state index is 12.9. The molecule has 0 amide bonds. The van der Waals surface area contributed by atoms with Crippen LogP contribution in [0.15, 0.2) is 6.07 Å². The summed E-state index contributed by atoms with van der Waals surface area (Å²) in [6, 6.07) is 1.22. The van der Waals surface area contributed by atoms with Gasteiger partial charge < -0.3 is 0 Å². The normalized spacial score (nSPS) is 10.3. The highest BCUT2D eigenvalue weighted by atomic mass is 35.5. The molecule has 0 saturated carbocycles. The fraction of sp³-hybridized carbons (Fsp3) is 0.250. The molecule has 0 heterocycles. The van der Waals surface area contributed by atoms with Crippen LogP contribution in [0.3, 0.4) is 0 Å². The molecular formula is C8H7ClF2. The van der Waals surface area contributed by atoms with Crippen LogP contribution >= 0.6 is 11.6 Å². The van der Waals surface area contributed by atoms with Crippen LogP contribution in [0.5, 0.6) is 0 Å². The van der Waals surface area contributed by atoms with E-state index < -0.39 is 11.6 Å². The molecule has 1 aromatic rings. The van der Waals surface area contributed by atoms with Gasteiger partial charge in [-0.2, -0.15) is 0 Å². The van der Waals surface area contributed by atoms with E-state index in [2.05, 4.69) is 0 Å². The van der Waals surface area contributed by atoms with Crippen LogP contribution in [0, 0.1) is 25.5 Å². The molecule has 0 aromatic heterocycles. The van der Waals surface area contributed by atoms with Crippen molar-refractivity contribution < 1.29 is 8.78 Å². The molecule has 0 unspecified atom stereocenters. The molecular weight excluding hydrogens is 170 g/mol. The Morgan fingerprint density at radius 3 is 2.36 bits per heavy atom. The van der Waals surface area contributed by atoms with Gasteiger partial charge in [0, 0.05) is 5.56 Å². The zero-order chi connectivity index (χ0) is 8.59. The van der Waals surface area contributed by atoms with Crippen LogP contribution < -0.4 is 0 Å². The number of halogens is 3. The minimum atomic E-state index is -0.663. The Balaban J connectivity index is 3.46. The molecule has 0 fully saturated rings. The zero-order valence-corrected chi connectivity index (χ0v) is 6.97. The molecule has 0 nitrogen and oxygen atoms in total. The first-order valence-corrected chi connectivity index (χ1v) is 3.52. The van der Waals surface area contributed by atoms with Crippen molar-refractivity contribution in [1.82, 2.24) is 0 Å². The first kappa shape index (κ1) is 8.47. The van der Waals surface area contributed by atoms with Crippen molar-refractivity contribution in [2.75, 3.05) is 0 Å². The number of hydrogen-bond acceptors (Lipinski definition) is 0. The quantitative estimate of drug-likeness (QED) is 0.533. The SMILES string of the molecule is Cc1cc(F)c(C)c(F)c1Cl. The van der Waals surface area contributed by atoms with E-state index in [-0.39, 0.29) is 10.6 Å². The van der Waals surface area contributed by atoms with Crippen molar-refractivity contribution >= 4 is 11.6 Å². The molecule has 0 aliphatic heterocycles. The summed E-state index contributed by atoms with van der Waals surface area (Å²) < 4.78 is 25.6. The van der Waals surface area contributed by atoms with Crippen molar-refractivity contribution in [3.05, 3.63) is 33.9 Å². The predicted octanol–water partition coefficient (Wildman–Crippen LogP) is 3.24. The summed E-state index contributed by atoms with van der Waals surface area (Å²) in [5, 5.41) is 0.00361. The van der Waals surface area contributed by atoms with Gasteiger partial charge in [0.25, 0.3) is 0 Å². The summed E-state index contributed by atoms with van der Waals surface area (Å²) in [7, 11) is 0. The summed E-state index contributed by atoms with van der Waals surface area (Å²) >= 11 is 5.51. The van der Waals surface area contributed by atoms with Crippen LogP contribution in [-0.2, 0) is 0 Å². The highest BCUT2D eigenvalue weighted by molar-refractivity contribution is 6.31. The molecule has 0 bridgehead atoms. The average molecular weight is 177 g/mol. The fourth-order valence-corrected chi connectivity index (χ4v) is 1.00. The first-order valence-electron chi connectivity index (χ1n) is 3.14. The van der Waals surface area contributed by atoms with Gasteiger partial charge in [0.05, 0.1) is 5.02 Å². The lowest BCUT2D eigenvalue weighted by Gasteiger charge is -2.03. The van der Waals surface area contributed by atoms with E-state index in [1.165, 1.54) is 13.0 Å². The van der Waals surface area contributed by atoms with Crippen molar-refractivity contribution in [2.45, 2.75) is 13.8 Å². The number of benzene rings is 1. The van der Waals surface area contributed by atoms with Gasteiger partial charge in [-0.3, -0.25) is 0 Å². The molecule has 1 aromatic carbocycles. The van der Waals surface area contributed by atoms with E-state index in [0.29, 0.717) is 5.56 Å². The lowest BCUT2D eigenvalue weighted by Crippen LogP contribution is -1.92. The third-order valence-corrected chi connectivity index (χ3v) is 2.03. The lowest BCUT2D eigenvalue weighted by molar-refractivity contribution is 0.566. The molecule has 1 rings (SSSR count). The van der Waals surface area contributed by atoms with Crippen molar-refractivity contribution in [1.29, 1.82) is 0 Å². The predicted molar refractivity (Wildman–Crippen MR) is 40.8 cm³/mol. The molecule has 0 saturated heterocycles. The van der Waals surface area contributed by atoms with Gasteiger partial charge in [-0.25, -0.2) is 8.78 Å².